The molecule has 1 aliphatic heterocycles. The molecule has 26 heavy (non-hydrogen) atoms. The second kappa shape index (κ2) is 7.76. The Morgan fingerprint density at radius 2 is 1.92 bits per heavy atom. The van der Waals surface area contributed by atoms with Crippen molar-refractivity contribution in [3.8, 4) is 11.4 Å². The molecule has 2 aromatic heterocycles. The van der Waals surface area contributed by atoms with Crippen LogP contribution >= 0.6 is 0 Å². The molecule has 1 saturated heterocycles. The molecule has 6 heteroatoms. The molecule has 0 unspecified atom stereocenters. The van der Waals surface area contributed by atoms with Gasteiger partial charge in [0.1, 0.15) is 0 Å². The van der Waals surface area contributed by atoms with Crippen LogP contribution in [0.15, 0.2) is 59.4 Å². The highest BCUT2D eigenvalue weighted by Gasteiger charge is 2.35. The van der Waals surface area contributed by atoms with Crippen LogP contribution in [-0.2, 0) is 6.42 Å². The number of hydrogen-bond acceptors (Lipinski definition) is 6. The maximum atomic E-state index is 10.1. The van der Waals surface area contributed by atoms with E-state index in [1.165, 1.54) is 5.56 Å². The number of aromatic nitrogens is 3. The molecule has 4 rings (SSSR count). The van der Waals surface area contributed by atoms with Crippen molar-refractivity contribution in [3.05, 3.63) is 66.3 Å². The van der Waals surface area contributed by atoms with E-state index in [2.05, 4.69) is 44.3 Å². The van der Waals surface area contributed by atoms with Crippen molar-refractivity contribution in [2.24, 2.45) is 0 Å². The number of hydrogen-bond donors (Lipinski definition) is 1. The Hall–Kier alpha value is -2.57. The van der Waals surface area contributed by atoms with Crippen LogP contribution in [0.25, 0.3) is 11.4 Å². The summed E-state index contributed by atoms with van der Waals surface area (Å²) in [6.07, 6.45) is 5.74. The molecule has 1 N–H and O–H groups in total. The molecule has 3 heterocycles. The van der Waals surface area contributed by atoms with Gasteiger partial charge in [0, 0.05) is 24.5 Å². The Balaban J connectivity index is 1.42. The number of aliphatic hydroxyl groups excluding tert-OH is 1. The fourth-order valence-electron chi connectivity index (χ4n) is 3.50. The molecule has 1 aliphatic rings. The van der Waals surface area contributed by atoms with E-state index < -0.39 is 0 Å². The summed E-state index contributed by atoms with van der Waals surface area (Å²) in [6.45, 7) is 1.54. The van der Waals surface area contributed by atoms with Crippen molar-refractivity contribution in [2.45, 2.75) is 31.4 Å². The van der Waals surface area contributed by atoms with Crippen LogP contribution in [0, 0.1) is 0 Å². The number of pyridine rings is 1. The first-order valence-electron chi connectivity index (χ1n) is 8.99. The molecule has 134 valence electrons. The lowest BCUT2D eigenvalue weighted by molar-refractivity contribution is 0.172. The van der Waals surface area contributed by atoms with Gasteiger partial charge >= 0.3 is 0 Å². The van der Waals surface area contributed by atoms with Gasteiger partial charge in [-0.3, -0.25) is 9.88 Å². The summed E-state index contributed by atoms with van der Waals surface area (Å²) in [5.41, 5.74) is 2.21. The number of aryl methyl sites for hydroxylation is 1. The predicted octanol–water partition coefficient (Wildman–Crippen LogP) is 2.87. The molecule has 0 radical (unpaired) electrons. The fourth-order valence-corrected chi connectivity index (χ4v) is 3.50. The average Bonchev–Trinajstić information content (AvgIpc) is 3.30. The zero-order chi connectivity index (χ0) is 17.8. The van der Waals surface area contributed by atoms with Crippen LogP contribution < -0.4 is 0 Å². The van der Waals surface area contributed by atoms with Crippen LogP contribution in [0.4, 0.5) is 0 Å². The summed E-state index contributed by atoms with van der Waals surface area (Å²) in [5, 5.41) is 14.2. The molecule has 0 spiro atoms. The second-order valence-electron chi connectivity index (χ2n) is 6.68. The van der Waals surface area contributed by atoms with Crippen LogP contribution in [-0.4, -0.2) is 44.3 Å². The average molecular weight is 350 g/mol. The van der Waals surface area contributed by atoms with Crippen molar-refractivity contribution in [1.82, 2.24) is 20.0 Å². The quantitative estimate of drug-likeness (QED) is 0.737. The van der Waals surface area contributed by atoms with Crippen LogP contribution in [0.2, 0.25) is 0 Å². The molecule has 0 saturated carbocycles. The normalized spacial score (nSPS) is 20.5. The third-order valence-electron chi connectivity index (χ3n) is 4.80. The van der Waals surface area contributed by atoms with Crippen molar-refractivity contribution < 1.29 is 9.63 Å². The number of likely N-dealkylation sites (tertiary alicyclic amines) is 1. The maximum Gasteiger partial charge on any atom is 0.244 e. The highest BCUT2D eigenvalue weighted by Crippen LogP contribution is 2.32. The van der Waals surface area contributed by atoms with Gasteiger partial charge in [-0.05, 0) is 43.5 Å². The summed E-state index contributed by atoms with van der Waals surface area (Å²) < 4.78 is 5.51. The lowest BCUT2D eigenvalue weighted by Crippen LogP contribution is -2.26. The van der Waals surface area contributed by atoms with Crippen molar-refractivity contribution >= 4 is 0 Å². The Morgan fingerprint density at radius 1 is 1.12 bits per heavy atom. The van der Waals surface area contributed by atoms with Gasteiger partial charge in [-0.1, -0.05) is 35.5 Å². The molecule has 0 amide bonds. The van der Waals surface area contributed by atoms with Gasteiger partial charge in [0.2, 0.25) is 11.7 Å². The molecule has 1 aromatic carbocycles. The Kier molecular flexibility index (Phi) is 5.04. The lowest BCUT2D eigenvalue weighted by atomic mass is 10.1. The third-order valence-corrected chi connectivity index (χ3v) is 4.80. The molecular weight excluding hydrogens is 328 g/mol. The van der Waals surface area contributed by atoms with E-state index in [1.54, 1.807) is 12.4 Å². The molecule has 0 aliphatic carbocycles. The van der Waals surface area contributed by atoms with Gasteiger partial charge in [0.15, 0.2) is 0 Å². The minimum Gasteiger partial charge on any atom is -0.392 e. The van der Waals surface area contributed by atoms with Crippen LogP contribution in [0.5, 0.6) is 0 Å². The Bertz CT molecular complexity index is 822. The highest BCUT2D eigenvalue weighted by molar-refractivity contribution is 5.52. The summed E-state index contributed by atoms with van der Waals surface area (Å²) in [7, 11) is 0. The lowest BCUT2D eigenvalue weighted by Gasteiger charge is -2.20. The third kappa shape index (κ3) is 3.81. The van der Waals surface area contributed by atoms with E-state index in [0.717, 1.165) is 24.9 Å². The predicted molar refractivity (Wildman–Crippen MR) is 97.2 cm³/mol. The Labute approximate surface area is 152 Å². The fraction of sp³-hybridized carbons (Fsp3) is 0.350. The number of benzene rings is 1. The zero-order valence-corrected chi connectivity index (χ0v) is 14.5. The van der Waals surface area contributed by atoms with E-state index in [1.807, 2.05) is 18.2 Å². The first-order valence-corrected chi connectivity index (χ1v) is 8.99. The number of nitrogens with zero attached hydrogens (tertiary/aromatic N) is 4. The number of rotatable bonds is 6. The van der Waals surface area contributed by atoms with Gasteiger partial charge in [0.05, 0.1) is 12.1 Å². The number of aliphatic hydroxyl groups is 1. The van der Waals surface area contributed by atoms with E-state index in [-0.39, 0.29) is 12.1 Å². The summed E-state index contributed by atoms with van der Waals surface area (Å²) in [6, 6.07) is 14.2. The van der Waals surface area contributed by atoms with E-state index in [0.29, 0.717) is 24.7 Å². The number of β-amino-alcohol motifs (C(OH)–C–C–N with tert-alkyl or cyclic N) is 1. The monoisotopic (exact) mass is 350 g/mol. The second-order valence-corrected chi connectivity index (χ2v) is 6.68. The molecule has 3 aromatic rings. The van der Waals surface area contributed by atoms with Gasteiger partial charge < -0.3 is 9.63 Å². The molecular formula is C20H22N4O2. The van der Waals surface area contributed by atoms with E-state index in [9.17, 15) is 5.11 Å². The SMILES string of the molecule is O[C@@H]1C[C@@H](c2nc(-c3ccncc3)no2)N(CCCc2ccccc2)C1. The smallest absolute Gasteiger partial charge is 0.244 e. The summed E-state index contributed by atoms with van der Waals surface area (Å²) in [4.78, 5) is 10.8. The Morgan fingerprint density at radius 3 is 2.73 bits per heavy atom. The van der Waals surface area contributed by atoms with Crippen molar-refractivity contribution in [1.29, 1.82) is 0 Å². The zero-order valence-electron chi connectivity index (χ0n) is 14.5. The first-order chi connectivity index (χ1) is 12.8. The summed E-state index contributed by atoms with van der Waals surface area (Å²) in [5.74, 6) is 1.14. The molecule has 2 atom stereocenters. The van der Waals surface area contributed by atoms with Gasteiger partial charge in [-0.25, -0.2) is 0 Å². The largest absolute Gasteiger partial charge is 0.392 e. The van der Waals surface area contributed by atoms with Crippen LogP contribution in [0.3, 0.4) is 0 Å². The highest BCUT2D eigenvalue weighted by atomic mass is 16.5. The van der Waals surface area contributed by atoms with Gasteiger partial charge in [-0.15, -0.1) is 0 Å². The van der Waals surface area contributed by atoms with E-state index >= 15 is 0 Å². The first kappa shape index (κ1) is 16.9. The van der Waals surface area contributed by atoms with Crippen LogP contribution in [0.1, 0.15) is 30.3 Å². The molecule has 1 fully saturated rings. The van der Waals surface area contributed by atoms with Crippen molar-refractivity contribution in [3.63, 3.8) is 0 Å². The molecule has 0 bridgehead atoms. The van der Waals surface area contributed by atoms with E-state index in [4.69, 9.17) is 4.52 Å². The molecule has 6 nitrogen and oxygen atoms in total. The minimum atomic E-state index is -0.354. The summed E-state index contributed by atoms with van der Waals surface area (Å²) >= 11 is 0. The topological polar surface area (TPSA) is 75.3 Å². The van der Waals surface area contributed by atoms with Gasteiger partial charge in [-0.2, -0.15) is 4.98 Å². The maximum absolute atomic E-state index is 10.1. The standard InChI is InChI=1S/C20H22N4O2/c25-17-13-18(20-22-19(23-26-20)16-8-10-21-11-9-16)24(14-17)12-4-7-15-5-2-1-3-6-15/h1-3,5-6,8-11,17-18,25H,4,7,12-14H2/t17-,18+/m1/s1. The van der Waals surface area contributed by atoms with Crippen molar-refractivity contribution in [2.75, 3.05) is 13.1 Å². The van der Waals surface area contributed by atoms with Gasteiger partial charge in [0.25, 0.3) is 0 Å². The minimum absolute atomic E-state index is 0.0242.